The van der Waals surface area contributed by atoms with Gasteiger partial charge in [-0.05, 0) is 57.2 Å². The molecular weight excluding hydrogens is 448 g/mol. The molecule has 1 aromatic carbocycles. The van der Waals surface area contributed by atoms with Crippen LogP contribution in [0.3, 0.4) is 0 Å². The Morgan fingerprint density at radius 1 is 1.31 bits per heavy atom. The summed E-state index contributed by atoms with van der Waals surface area (Å²) in [5, 5.41) is 14.4. The zero-order valence-electron chi connectivity index (χ0n) is 20.9. The summed E-state index contributed by atoms with van der Waals surface area (Å²) in [6.07, 6.45) is 5.29. The van der Waals surface area contributed by atoms with E-state index in [1.807, 2.05) is 6.07 Å². The lowest BCUT2D eigenvalue weighted by molar-refractivity contribution is -0.144. The van der Waals surface area contributed by atoms with E-state index in [0.717, 1.165) is 49.5 Å². The van der Waals surface area contributed by atoms with Crippen LogP contribution in [-0.2, 0) is 16.0 Å². The Bertz CT molecular complexity index is 1160. The van der Waals surface area contributed by atoms with Crippen molar-refractivity contribution >= 4 is 22.8 Å². The first kappa shape index (κ1) is 25.2. The molecule has 1 unspecified atom stereocenters. The molecule has 2 N–H and O–H groups in total. The van der Waals surface area contributed by atoms with E-state index in [0.29, 0.717) is 36.4 Å². The van der Waals surface area contributed by atoms with Gasteiger partial charge in [-0.1, -0.05) is 26.2 Å². The molecule has 2 fully saturated rings. The largest absolute Gasteiger partial charge is 0.480 e. The van der Waals surface area contributed by atoms with Crippen LogP contribution in [0.2, 0.25) is 0 Å². The minimum atomic E-state index is -0.839. The standard InChI is InChI=1S/C27H36N2O6/c1-4-7-19-14-24(31)35-25-17(2)22(10-9-21(19)25)34-18(3)26(32)28-15-23(30)29-13-12-27(33)11-6-5-8-20(27)16-29/h9-10,14,18,20,33H,4-8,11-13,15-16H2,1-3H3,(H,28,32)/t18?,20-,27-/m0/s1. The normalized spacial score (nSPS) is 23.0. The molecule has 0 radical (unpaired) electrons. The number of hydrogen-bond donors (Lipinski definition) is 2. The highest BCUT2D eigenvalue weighted by atomic mass is 16.5. The number of carbonyl (C=O) groups excluding carboxylic acids is 2. The van der Waals surface area contributed by atoms with Crippen molar-refractivity contribution < 1.29 is 23.8 Å². The number of aliphatic hydroxyl groups is 1. The lowest BCUT2D eigenvalue weighted by Crippen LogP contribution is -2.56. The number of piperidine rings is 1. The molecule has 190 valence electrons. The van der Waals surface area contributed by atoms with Crippen molar-refractivity contribution in [2.45, 2.75) is 77.4 Å². The van der Waals surface area contributed by atoms with Crippen LogP contribution in [0.15, 0.2) is 27.4 Å². The number of benzene rings is 1. The van der Waals surface area contributed by atoms with E-state index in [4.69, 9.17) is 9.15 Å². The Hall–Kier alpha value is -2.87. The quantitative estimate of drug-likeness (QED) is 0.585. The molecule has 2 amide bonds. The first-order chi connectivity index (χ1) is 16.7. The summed E-state index contributed by atoms with van der Waals surface area (Å²) in [4.78, 5) is 39.2. The van der Waals surface area contributed by atoms with Gasteiger partial charge in [0.05, 0.1) is 12.1 Å². The zero-order valence-corrected chi connectivity index (χ0v) is 20.9. The van der Waals surface area contributed by atoms with Crippen LogP contribution in [0.25, 0.3) is 11.0 Å². The fourth-order valence-corrected chi connectivity index (χ4v) is 5.47. The minimum absolute atomic E-state index is 0.108. The van der Waals surface area contributed by atoms with Crippen molar-refractivity contribution in [3.63, 3.8) is 0 Å². The highest BCUT2D eigenvalue weighted by Crippen LogP contribution is 2.39. The van der Waals surface area contributed by atoms with Crippen LogP contribution in [0.5, 0.6) is 5.75 Å². The summed E-state index contributed by atoms with van der Waals surface area (Å²) in [6, 6.07) is 5.16. The van der Waals surface area contributed by atoms with Crippen molar-refractivity contribution in [3.8, 4) is 5.75 Å². The molecule has 1 saturated carbocycles. The highest BCUT2D eigenvalue weighted by Gasteiger charge is 2.43. The van der Waals surface area contributed by atoms with E-state index in [1.165, 1.54) is 6.07 Å². The second kappa shape index (κ2) is 10.4. The third-order valence-electron chi connectivity index (χ3n) is 7.58. The summed E-state index contributed by atoms with van der Waals surface area (Å²) in [5.74, 6) is 0.0204. The number of amides is 2. The number of carbonyl (C=O) groups is 2. The number of aryl methyl sites for hydroxylation is 2. The SMILES string of the molecule is CCCc1cc(=O)oc2c(C)c(OC(C)C(=O)NCC(=O)N3CC[C@@]4(O)CCCC[C@H]4C3)ccc12. The first-order valence-corrected chi connectivity index (χ1v) is 12.7. The molecule has 0 spiro atoms. The third kappa shape index (κ3) is 5.37. The Morgan fingerprint density at radius 2 is 2.11 bits per heavy atom. The van der Waals surface area contributed by atoms with Gasteiger partial charge in [0.2, 0.25) is 5.91 Å². The molecule has 8 nitrogen and oxygen atoms in total. The summed E-state index contributed by atoms with van der Waals surface area (Å²) >= 11 is 0. The van der Waals surface area contributed by atoms with Gasteiger partial charge in [-0.3, -0.25) is 9.59 Å². The van der Waals surface area contributed by atoms with Crippen molar-refractivity contribution in [1.82, 2.24) is 10.2 Å². The van der Waals surface area contributed by atoms with Gasteiger partial charge in [-0.15, -0.1) is 0 Å². The van der Waals surface area contributed by atoms with Crippen molar-refractivity contribution in [1.29, 1.82) is 0 Å². The van der Waals surface area contributed by atoms with Crippen LogP contribution >= 0.6 is 0 Å². The number of rotatable bonds is 7. The number of likely N-dealkylation sites (tertiary alicyclic amines) is 1. The van der Waals surface area contributed by atoms with E-state index in [1.54, 1.807) is 24.8 Å². The number of nitrogens with zero attached hydrogens (tertiary/aromatic N) is 1. The van der Waals surface area contributed by atoms with Crippen molar-refractivity contribution in [2.75, 3.05) is 19.6 Å². The average molecular weight is 485 g/mol. The number of nitrogens with one attached hydrogen (secondary N) is 1. The van der Waals surface area contributed by atoms with Crippen LogP contribution < -0.4 is 15.7 Å². The molecule has 3 atom stereocenters. The lowest BCUT2D eigenvalue weighted by Gasteiger charge is -2.47. The predicted octanol–water partition coefficient (Wildman–Crippen LogP) is 3.09. The number of fused-ring (bicyclic) bond motifs is 2. The van der Waals surface area contributed by atoms with Crippen LogP contribution in [0.1, 0.15) is 63.5 Å². The van der Waals surface area contributed by atoms with Gasteiger partial charge in [0, 0.05) is 36.0 Å². The monoisotopic (exact) mass is 484 g/mol. The molecular formula is C27H36N2O6. The Morgan fingerprint density at radius 3 is 2.89 bits per heavy atom. The number of ether oxygens (including phenoxy) is 1. The van der Waals surface area contributed by atoms with Gasteiger partial charge < -0.3 is 24.5 Å². The maximum Gasteiger partial charge on any atom is 0.336 e. The van der Waals surface area contributed by atoms with Crippen LogP contribution in [0.4, 0.5) is 0 Å². The topological polar surface area (TPSA) is 109 Å². The minimum Gasteiger partial charge on any atom is -0.480 e. The van der Waals surface area contributed by atoms with E-state index in [-0.39, 0.29) is 18.4 Å². The van der Waals surface area contributed by atoms with Crippen molar-refractivity contribution in [3.05, 3.63) is 39.7 Å². The fraction of sp³-hybridized carbons (Fsp3) is 0.593. The van der Waals surface area contributed by atoms with E-state index in [2.05, 4.69) is 12.2 Å². The summed E-state index contributed by atoms with van der Waals surface area (Å²) < 4.78 is 11.3. The maximum atomic E-state index is 12.7. The molecule has 2 aromatic rings. The summed E-state index contributed by atoms with van der Waals surface area (Å²) in [7, 11) is 0. The molecule has 2 heterocycles. The molecule has 4 rings (SSSR count). The molecule has 8 heteroatoms. The van der Waals surface area contributed by atoms with Crippen LogP contribution in [0, 0.1) is 12.8 Å². The highest BCUT2D eigenvalue weighted by molar-refractivity contribution is 5.88. The molecule has 1 aliphatic heterocycles. The molecule has 35 heavy (non-hydrogen) atoms. The van der Waals surface area contributed by atoms with Gasteiger partial charge in [0.15, 0.2) is 6.10 Å². The Kier molecular flexibility index (Phi) is 7.50. The fourth-order valence-electron chi connectivity index (χ4n) is 5.47. The Labute approximate surface area is 205 Å². The smallest absolute Gasteiger partial charge is 0.336 e. The second-order valence-corrected chi connectivity index (χ2v) is 10.0. The summed E-state index contributed by atoms with van der Waals surface area (Å²) in [5.41, 5.74) is 1.00. The Balaban J connectivity index is 1.36. The average Bonchev–Trinajstić information content (AvgIpc) is 2.83. The third-order valence-corrected chi connectivity index (χ3v) is 7.58. The van der Waals surface area contributed by atoms with Gasteiger partial charge in [-0.25, -0.2) is 4.79 Å². The molecule has 0 bridgehead atoms. The van der Waals surface area contributed by atoms with Gasteiger partial charge in [-0.2, -0.15) is 0 Å². The zero-order chi connectivity index (χ0) is 25.2. The predicted molar refractivity (Wildman–Crippen MR) is 132 cm³/mol. The summed E-state index contributed by atoms with van der Waals surface area (Å²) in [6.45, 7) is 6.41. The van der Waals surface area contributed by atoms with Gasteiger partial charge in [0.25, 0.3) is 5.91 Å². The van der Waals surface area contributed by atoms with Gasteiger partial charge >= 0.3 is 5.63 Å². The lowest BCUT2D eigenvalue weighted by atomic mass is 9.71. The van der Waals surface area contributed by atoms with E-state index in [9.17, 15) is 19.5 Å². The van der Waals surface area contributed by atoms with Crippen LogP contribution in [-0.4, -0.2) is 53.2 Å². The number of hydrogen-bond acceptors (Lipinski definition) is 6. The van der Waals surface area contributed by atoms with E-state index >= 15 is 0 Å². The van der Waals surface area contributed by atoms with Crippen molar-refractivity contribution in [2.24, 2.45) is 5.92 Å². The molecule has 1 saturated heterocycles. The molecule has 1 aromatic heterocycles. The molecule has 1 aliphatic carbocycles. The second-order valence-electron chi connectivity index (χ2n) is 10.0. The first-order valence-electron chi connectivity index (χ1n) is 12.7. The van der Waals surface area contributed by atoms with E-state index < -0.39 is 23.2 Å². The molecule has 2 aliphatic rings. The maximum absolute atomic E-state index is 12.7. The van der Waals surface area contributed by atoms with Gasteiger partial charge in [0.1, 0.15) is 11.3 Å².